The summed E-state index contributed by atoms with van der Waals surface area (Å²) in [5.41, 5.74) is 5.16. The molecule has 0 bridgehead atoms. The molecule has 1 aromatic heterocycles. The lowest BCUT2D eigenvalue weighted by Gasteiger charge is -2.11. The molecule has 0 saturated carbocycles. The first-order valence-corrected chi connectivity index (χ1v) is 4.36. The monoisotopic (exact) mass is 222 g/mol. The molecule has 0 amide bonds. The van der Waals surface area contributed by atoms with Crippen LogP contribution in [0.1, 0.15) is 23.2 Å². The molecule has 78 valence electrons. The zero-order valence-electron chi connectivity index (χ0n) is 7.17. The summed E-state index contributed by atoms with van der Waals surface area (Å²) in [5.74, 6) is -0.129. The van der Waals surface area contributed by atoms with Gasteiger partial charge in [0.15, 0.2) is 0 Å². The van der Waals surface area contributed by atoms with Crippen LogP contribution in [0.25, 0.3) is 0 Å². The molecule has 1 rings (SSSR count). The molecule has 0 radical (unpaired) electrons. The molecular formula is C8H9ClF2N2O. The quantitative estimate of drug-likeness (QED) is 0.768. The Hall–Kier alpha value is -0.940. The van der Waals surface area contributed by atoms with E-state index in [-0.39, 0.29) is 28.4 Å². The minimum absolute atomic E-state index is 0.0522. The van der Waals surface area contributed by atoms with Crippen molar-refractivity contribution < 1.29 is 13.9 Å². The van der Waals surface area contributed by atoms with Gasteiger partial charge in [-0.05, 0) is 0 Å². The van der Waals surface area contributed by atoms with Crippen molar-refractivity contribution >= 4 is 17.3 Å². The van der Waals surface area contributed by atoms with Gasteiger partial charge in [-0.2, -0.15) is 0 Å². The summed E-state index contributed by atoms with van der Waals surface area (Å²) >= 11 is 5.43. The van der Waals surface area contributed by atoms with Crippen LogP contribution in [0, 0.1) is 0 Å². The summed E-state index contributed by atoms with van der Waals surface area (Å²) in [6.45, 7) is -0.416. The molecule has 0 atom stereocenters. The fourth-order valence-electron chi connectivity index (χ4n) is 1.10. The van der Waals surface area contributed by atoms with Gasteiger partial charge in [-0.15, -0.1) is 11.6 Å². The van der Waals surface area contributed by atoms with Crippen LogP contribution in [0.3, 0.4) is 0 Å². The Labute approximate surface area is 84.5 Å². The molecule has 0 aliphatic rings. The second kappa shape index (κ2) is 4.52. The Balaban J connectivity index is 3.31. The number of nitrogens with zero attached hydrogens (tertiary/aromatic N) is 1. The second-order valence-electron chi connectivity index (χ2n) is 2.65. The fourth-order valence-corrected chi connectivity index (χ4v) is 1.31. The van der Waals surface area contributed by atoms with E-state index in [0.717, 1.165) is 0 Å². The molecule has 6 heteroatoms. The lowest BCUT2D eigenvalue weighted by Crippen LogP contribution is -2.06. The van der Waals surface area contributed by atoms with Gasteiger partial charge >= 0.3 is 0 Å². The Bertz CT molecular complexity index is 333. The number of pyridine rings is 1. The van der Waals surface area contributed by atoms with Crippen molar-refractivity contribution in [2.45, 2.75) is 18.9 Å². The van der Waals surface area contributed by atoms with Crippen molar-refractivity contribution in [2.24, 2.45) is 0 Å². The molecule has 3 nitrogen and oxygen atoms in total. The van der Waals surface area contributed by atoms with Crippen molar-refractivity contribution in [3.8, 4) is 0 Å². The summed E-state index contributed by atoms with van der Waals surface area (Å²) in [6, 6.07) is 0. The standard InChI is InChI=1S/C8H9ClF2N2O/c9-1-5-6(8(10)11)7(12)4(3-14)2-13-5/h2,8,14H,1,3H2,(H2,12,13). The van der Waals surface area contributed by atoms with E-state index in [2.05, 4.69) is 4.98 Å². The van der Waals surface area contributed by atoms with E-state index in [4.69, 9.17) is 22.4 Å². The maximum Gasteiger partial charge on any atom is 0.267 e. The predicted molar refractivity (Wildman–Crippen MR) is 49.1 cm³/mol. The Morgan fingerprint density at radius 3 is 2.64 bits per heavy atom. The molecule has 0 aliphatic carbocycles. The topological polar surface area (TPSA) is 59.1 Å². The number of rotatable bonds is 3. The summed E-state index contributed by atoms with van der Waals surface area (Å²) in [6.07, 6.45) is -1.48. The average Bonchev–Trinajstić information content (AvgIpc) is 2.16. The van der Waals surface area contributed by atoms with Crippen LogP contribution in [0.2, 0.25) is 0 Å². The number of hydrogen-bond donors (Lipinski definition) is 2. The molecule has 0 fully saturated rings. The molecule has 14 heavy (non-hydrogen) atoms. The summed E-state index contributed by atoms with van der Waals surface area (Å²) < 4.78 is 25.1. The van der Waals surface area contributed by atoms with Crippen LogP contribution in [0.15, 0.2) is 6.20 Å². The first kappa shape index (κ1) is 11.1. The average molecular weight is 223 g/mol. The number of aliphatic hydroxyl groups is 1. The highest BCUT2D eigenvalue weighted by molar-refractivity contribution is 6.17. The molecule has 1 aromatic rings. The van der Waals surface area contributed by atoms with Gasteiger partial charge in [-0.3, -0.25) is 4.98 Å². The van der Waals surface area contributed by atoms with Crippen LogP contribution in [-0.2, 0) is 12.5 Å². The van der Waals surface area contributed by atoms with E-state index in [1.165, 1.54) is 6.20 Å². The summed E-state index contributed by atoms with van der Waals surface area (Å²) in [4.78, 5) is 3.70. The van der Waals surface area contributed by atoms with Crippen LogP contribution < -0.4 is 5.73 Å². The van der Waals surface area contributed by atoms with Crippen LogP contribution in [0.5, 0.6) is 0 Å². The zero-order valence-corrected chi connectivity index (χ0v) is 7.93. The predicted octanol–water partition coefficient (Wildman–Crippen LogP) is 1.83. The maximum atomic E-state index is 12.5. The van der Waals surface area contributed by atoms with Crippen molar-refractivity contribution in [1.82, 2.24) is 4.98 Å². The lowest BCUT2D eigenvalue weighted by atomic mass is 10.1. The van der Waals surface area contributed by atoms with Gasteiger partial charge in [0, 0.05) is 17.4 Å². The number of anilines is 1. The van der Waals surface area contributed by atoms with E-state index in [0.29, 0.717) is 0 Å². The van der Waals surface area contributed by atoms with Gasteiger partial charge in [0.1, 0.15) is 0 Å². The number of nitrogen functional groups attached to an aromatic ring is 1. The van der Waals surface area contributed by atoms with Crippen LogP contribution in [0.4, 0.5) is 14.5 Å². The van der Waals surface area contributed by atoms with Crippen molar-refractivity contribution in [1.29, 1.82) is 0 Å². The normalized spacial score (nSPS) is 10.9. The highest BCUT2D eigenvalue weighted by Gasteiger charge is 2.19. The molecule has 0 saturated heterocycles. The van der Waals surface area contributed by atoms with E-state index in [9.17, 15) is 8.78 Å². The Kier molecular flexibility index (Phi) is 3.60. The highest BCUT2D eigenvalue weighted by Crippen LogP contribution is 2.30. The van der Waals surface area contributed by atoms with Crippen molar-refractivity contribution in [2.75, 3.05) is 5.73 Å². The lowest BCUT2D eigenvalue weighted by molar-refractivity contribution is 0.150. The smallest absolute Gasteiger partial charge is 0.267 e. The van der Waals surface area contributed by atoms with Gasteiger partial charge < -0.3 is 10.8 Å². The van der Waals surface area contributed by atoms with Crippen molar-refractivity contribution in [3.63, 3.8) is 0 Å². The maximum absolute atomic E-state index is 12.5. The summed E-state index contributed by atoms with van der Waals surface area (Å²) in [7, 11) is 0. The molecule has 0 aliphatic heterocycles. The SMILES string of the molecule is Nc1c(CO)cnc(CCl)c1C(F)F. The molecule has 1 heterocycles. The largest absolute Gasteiger partial charge is 0.398 e. The number of nitrogens with two attached hydrogens (primary N) is 1. The number of aromatic nitrogens is 1. The van der Waals surface area contributed by atoms with E-state index in [1.807, 2.05) is 0 Å². The van der Waals surface area contributed by atoms with Gasteiger partial charge in [0.2, 0.25) is 0 Å². The van der Waals surface area contributed by atoms with Gasteiger partial charge in [-0.1, -0.05) is 0 Å². The van der Waals surface area contributed by atoms with Crippen LogP contribution in [-0.4, -0.2) is 10.1 Å². The van der Waals surface area contributed by atoms with Gasteiger partial charge in [-0.25, -0.2) is 8.78 Å². The van der Waals surface area contributed by atoms with E-state index < -0.39 is 13.0 Å². The fraction of sp³-hybridized carbons (Fsp3) is 0.375. The van der Waals surface area contributed by atoms with Crippen LogP contribution >= 0.6 is 11.6 Å². The van der Waals surface area contributed by atoms with Gasteiger partial charge in [0.25, 0.3) is 6.43 Å². The molecule has 3 N–H and O–H groups in total. The highest BCUT2D eigenvalue weighted by atomic mass is 35.5. The van der Waals surface area contributed by atoms with E-state index in [1.54, 1.807) is 0 Å². The van der Waals surface area contributed by atoms with Crippen molar-refractivity contribution in [3.05, 3.63) is 23.0 Å². The number of halogens is 3. The third kappa shape index (κ3) is 1.93. The minimum Gasteiger partial charge on any atom is -0.398 e. The number of aliphatic hydroxyl groups excluding tert-OH is 1. The zero-order chi connectivity index (χ0) is 10.7. The number of hydrogen-bond acceptors (Lipinski definition) is 3. The first-order valence-electron chi connectivity index (χ1n) is 3.82. The first-order chi connectivity index (χ1) is 6.61. The van der Waals surface area contributed by atoms with Gasteiger partial charge in [0.05, 0.1) is 23.7 Å². The third-order valence-electron chi connectivity index (χ3n) is 1.84. The molecule has 0 spiro atoms. The summed E-state index contributed by atoms with van der Waals surface area (Å²) in [5, 5.41) is 8.79. The molecular weight excluding hydrogens is 214 g/mol. The number of alkyl halides is 3. The minimum atomic E-state index is -2.73. The molecule has 0 unspecified atom stereocenters. The second-order valence-corrected chi connectivity index (χ2v) is 2.92. The Morgan fingerprint density at radius 1 is 1.57 bits per heavy atom. The molecule has 0 aromatic carbocycles. The Morgan fingerprint density at radius 2 is 2.21 bits per heavy atom. The third-order valence-corrected chi connectivity index (χ3v) is 2.09. The van der Waals surface area contributed by atoms with E-state index >= 15 is 0 Å².